The van der Waals surface area contributed by atoms with Crippen molar-refractivity contribution in [3.05, 3.63) is 59.9 Å². The Kier molecular flexibility index (Phi) is 7.67. The Bertz CT molecular complexity index is 978. The van der Waals surface area contributed by atoms with E-state index in [9.17, 15) is 17.6 Å². The lowest BCUT2D eigenvalue weighted by Crippen LogP contribution is -2.42. The second-order valence-electron chi connectivity index (χ2n) is 8.04. The van der Waals surface area contributed by atoms with Crippen LogP contribution in [0, 0.1) is 11.7 Å². The number of sulfonamides is 1. The molecule has 0 aromatic heterocycles. The van der Waals surface area contributed by atoms with Crippen molar-refractivity contribution in [3.63, 3.8) is 0 Å². The molecule has 1 aliphatic rings. The predicted octanol–water partition coefficient (Wildman–Crippen LogP) is 3.94. The molecule has 0 aliphatic heterocycles. The van der Waals surface area contributed by atoms with Crippen LogP contribution in [-0.4, -0.2) is 27.5 Å². The molecule has 3 rings (SSSR count). The van der Waals surface area contributed by atoms with Crippen LogP contribution in [0.3, 0.4) is 0 Å². The molecular weight excluding hydrogens is 419 g/mol. The van der Waals surface area contributed by atoms with Gasteiger partial charge in [0.05, 0.1) is 18.0 Å². The highest BCUT2D eigenvalue weighted by Crippen LogP contribution is 2.26. The van der Waals surface area contributed by atoms with Crippen molar-refractivity contribution in [2.24, 2.45) is 5.92 Å². The highest BCUT2D eigenvalue weighted by Gasteiger charge is 2.27. The summed E-state index contributed by atoms with van der Waals surface area (Å²) in [5.41, 5.74) is 0.637. The van der Waals surface area contributed by atoms with Gasteiger partial charge in [0.25, 0.3) is 0 Å². The fraction of sp³-hybridized carbons (Fsp3) is 0.435. The van der Waals surface area contributed by atoms with E-state index < -0.39 is 21.9 Å². The third kappa shape index (κ3) is 6.27. The van der Waals surface area contributed by atoms with Crippen LogP contribution in [0.2, 0.25) is 0 Å². The van der Waals surface area contributed by atoms with Crippen molar-refractivity contribution in [3.8, 4) is 5.75 Å². The summed E-state index contributed by atoms with van der Waals surface area (Å²) in [5.74, 6) is 0.297. The van der Waals surface area contributed by atoms with Crippen molar-refractivity contribution >= 4 is 15.9 Å². The average Bonchev–Trinajstić information content (AvgIpc) is 2.75. The van der Waals surface area contributed by atoms with Gasteiger partial charge >= 0.3 is 0 Å². The first-order valence-electron chi connectivity index (χ1n) is 10.5. The summed E-state index contributed by atoms with van der Waals surface area (Å²) in [6.45, 7) is 2.13. The minimum atomic E-state index is -3.96. The van der Waals surface area contributed by atoms with Crippen LogP contribution in [0.4, 0.5) is 4.39 Å². The number of benzene rings is 2. The summed E-state index contributed by atoms with van der Waals surface area (Å²) in [6.07, 6.45) is 4.20. The number of ether oxygens (including phenoxy) is 1. The number of hydrogen-bond acceptors (Lipinski definition) is 4. The van der Waals surface area contributed by atoms with E-state index in [1.807, 2.05) is 0 Å². The summed E-state index contributed by atoms with van der Waals surface area (Å²) in [7, 11) is -2.41. The molecule has 0 heterocycles. The first-order chi connectivity index (χ1) is 14.8. The van der Waals surface area contributed by atoms with Crippen molar-refractivity contribution < 1.29 is 22.3 Å². The van der Waals surface area contributed by atoms with Crippen molar-refractivity contribution in [1.29, 1.82) is 0 Å². The normalized spacial score (nSPS) is 20.1. The molecule has 8 heteroatoms. The quantitative estimate of drug-likeness (QED) is 0.641. The molecule has 0 spiro atoms. The summed E-state index contributed by atoms with van der Waals surface area (Å²) in [4.78, 5) is 12.7. The lowest BCUT2D eigenvalue weighted by Gasteiger charge is -2.30. The largest absolute Gasteiger partial charge is 0.497 e. The van der Waals surface area contributed by atoms with E-state index in [-0.39, 0.29) is 23.3 Å². The van der Waals surface area contributed by atoms with Crippen molar-refractivity contribution in [1.82, 2.24) is 10.0 Å². The molecule has 1 amide bonds. The molecule has 0 bridgehead atoms. The third-order valence-electron chi connectivity index (χ3n) is 5.79. The van der Waals surface area contributed by atoms with Crippen molar-refractivity contribution in [2.45, 2.75) is 56.0 Å². The van der Waals surface area contributed by atoms with Crippen LogP contribution in [0.5, 0.6) is 5.75 Å². The van der Waals surface area contributed by atoms with Gasteiger partial charge in [0.2, 0.25) is 15.9 Å². The summed E-state index contributed by atoms with van der Waals surface area (Å²) in [6, 6.07) is 10.8. The van der Waals surface area contributed by atoms with E-state index in [0.717, 1.165) is 31.4 Å². The van der Waals surface area contributed by atoms with E-state index in [0.29, 0.717) is 17.2 Å². The number of rotatable bonds is 8. The van der Waals surface area contributed by atoms with Gasteiger partial charge in [-0.15, -0.1) is 0 Å². The lowest BCUT2D eigenvalue weighted by molar-refractivity contribution is -0.122. The Morgan fingerprint density at radius 2 is 1.74 bits per heavy atom. The number of carbonyl (C=O) groups is 1. The third-order valence-corrected chi connectivity index (χ3v) is 7.27. The van der Waals surface area contributed by atoms with Crippen LogP contribution in [0.1, 0.15) is 50.6 Å². The second kappa shape index (κ2) is 10.2. The maximum atomic E-state index is 13.2. The predicted molar refractivity (Wildman–Crippen MR) is 117 cm³/mol. The maximum Gasteiger partial charge on any atom is 0.241 e. The molecular formula is C23H29FN2O4S. The standard InChI is InChI=1S/C23H29FN2O4S/c1-16-5-3-4-6-21(16)25-23(27)15-22(17-7-11-19(30-2)12-8-17)26-31(28,29)20-13-9-18(24)10-14-20/h7-14,16,21-22,26H,3-6,15H2,1-2H3,(H,25,27)/t16-,21+,22+/m1/s1. The molecule has 2 aromatic rings. The number of hydrogen-bond donors (Lipinski definition) is 2. The summed E-state index contributed by atoms with van der Waals surface area (Å²) >= 11 is 0. The van der Waals surface area contributed by atoms with Gasteiger partial charge in [0, 0.05) is 12.5 Å². The summed E-state index contributed by atoms with van der Waals surface area (Å²) in [5, 5.41) is 3.08. The van der Waals surface area contributed by atoms with Gasteiger partial charge in [-0.2, -0.15) is 0 Å². The highest BCUT2D eigenvalue weighted by atomic mass is 32.2. The zero-order valence-corrected chi connectivity index (χ0v) is 18.6. The molecule has 0 saturated heterocycles. The van der Waals surface area contributed by atoms with Gasteiger partial charge in [-0.3, -0.25) is 4.79 Å². The maximum absolute atomic E-state index is 13.2. The Hall–Kier alpha value is -2.45. The molecule has 6 nitrogen and oxygen atoms in total. The first-order valence-corrected chi connectivity index (χ1v) is 12.0. The molecule has 1 aliphatic carbocycles. The van der Waals surface area contributed by atoms with E-state index in [2.05, 4.69) is 17.0 Å². The average molecular weight is 449 g/mol. The molecule has 2 N–H and O–H groups in total. The Balaban J connectivity index is 1.80. The van der Waals surface area contributed by atoms with Crippen molar-refractivity contribution in [2.75, 3.05) is 7.11 Å². The van der Waals surface area contributed by atoms with E-state index in [1.54, 1.807) is 31.4 Å². The van der Waals surface area contributed by atoms with Crippen LogP contribution < -0.4 is 14.8 Å². The number of methoxy groups -OCH3 is 1. The minimum absolute atomic E-state index is 0.0457. The number of amides is 1. The van der Waals surface area contributed by atoms with E-state index in [4.69, 9.17) is 4.74 Å². The fourth-order valence-electron chi connectivity index (χ4n) is 3.91. The van der Waals surface area contributed by atoms with Gasteiger partial charge in [0.1, 0.15) is 11.6 Å². The second-order valence-corrected chi connectivity index (χ2v) is 9.75. The number of carbonyl (C=O) groups excluding carboxylic acids is 1. The smallest absolute Gasteiger partial charge is 0.241 e. The van der Waals surface area contributed by atoms with Crippen LogP contribution in [0.15, 0.2) is 53.4 Å². The van der Waals surface area contributed by atoms with Gasteiger partial charge in [-0.1, -0.05) is 31.9 Å². The Morgan fingerprint density at radius 1 is 1.10 bits per heavy atom. The molecule has 1 fully saturated rings. The van der Waals surface area contributed by atoms with Crippen LogP contribution in [0.25, 0.3) is 0 Å². The molecule has 0 radical (unpaired) electrons. The number of halogens is 1. The molecule has 2 aromatic carbocycles. The lowest BCUT2D eigenvalue weighted by atomic mass is 9.86. The molecule has 31 heavy (non-hydrogen) atoms. The van der Waals surface area contributed by atoms with Crippen LogP contribution >= 0.6 is 0 Å². The molecule has 1 saturated carbocycles. The number of nitrogens with one attached hydrogen (secondary N) is 2. The van der Waals surface area contributed by atoms with Gasteiger partial charge in [0.15, 0.2) is 0 Å². The zero-order chi connectivity index (χ0) is 22.4. The van der Waals surface area contributed by atoms with Crippen LogP contribution in [-0.2, 0) is 14.8 Å². The molecule has 168 valence electrons. The topological polar surface area (TPSA) is 84.5 Å². The van der Waals surface area contributed by atoms with Gasteiger partial charge in [-0.25, -0.2) is 17.5 Å². The fourth-order valence-corrected chi connectivity index (χ4v) is 5.14. The minimum Gasteiger partial charge on any atom is -0.497 e. The highest BCUT2D eigenvalue weighted by molar-refractivity contribution is 7.89. The first kappa shape index (κ1) is 23.2. The van der Waals surface area contributed by atoms with Gasteiger partial charge < -0.3 is 10.1 Å². The molecule has 3 atom stereocenters. The Morgan fingerprint density at radius 3 is 2.35 bits per heavy atom. The zero-order valence-electron chi connectivity index (χ0n) is 17.8. The van der Waals surface area contributed by atoms with E-state index >= 15 is 0 Å². The van der Waals surface area contributed by atoms with E-state index in [1.165, 1.54) is 18.6 Å². The summed E-state index contributed by atoms with van der Waals surface area (Å²) < 4.78 is 46.8. The monoisotopic (exact) mass is 448 g/mol. The van der Waals surface area contributed by atoms with Gasteiger partial charge in [-0.05, 0) is 60.7 Å². The SMILES string of the molecule is COc1ccc([C@H](CC(=O)N[C@H]2CCCC[C@H]2C)NS(=O)(=O)c2ccc(F)cc2)cc1. The molecule has 0 unspecified atom stereocenters. The Labute approximate surface area is 183 Å².